The Hall–Kier alpha value is -2.51. The summed E-state index contributed by atoms with van der Waals surface area (Å²) in [5.74, 6) is -1.07. The number of anilines is 1. The lowest BCUT2D eigenvalue weighted by Crippen LogP contribution is -2.08. The molecule has 0 fully saturated rings. The molecule has 0 heterocycles. The quantitative estimate of drug-likeness (QED) is 0.892. The van der Waals surface area contributed by atoms with Gasteiger partial charge in [0.1, 0.15) is 0 Å². The summed E-state index contributed by atoms with van der Waals surface area (Å²) in [6.45, 7) is 1.94. The highest BCUT2D eigenvalue weighted by Gasteiger charge is 2.11. The minimum absolute atomic E-state index is 0.0552. The number of hydrogen-bond donors (Lipinski definition) is 2. The molecule has 0 radical (unpaired) electrons. The van der Waals surface area contributed by atoms with Gasteiger partial charge in [0.25, 0.3) is 0 Å². The van der Waals surface area contributed by atoms with E-state index in [2.05, 4.69) is 11.4 Å². The van der Waals surface area contributed by atoms with Gasteiger partial charge in [0.05, 0.1) is 22.2 Å². The average molecular weight is 301 g/mol. The molecule has 0 bridgehead atoms. The molecule has 2 aromatic carbocycles. The maximum atomic E-state index is 11.1. The van der Waals surface area contributed by atoms with Crippen LogP contribution in [0.25, 0.3) is 0 Å². The van der Waals surface area contributed by atoms with Crippen LogP contribution in [-0.4, -0.2) is 11.1 Å². The lowest BCUT2D eigenvalue weighted by atomic mass is 10.1. The Kier molecular flexibility index (Phi) is 4.46. The Labute approximate surface area is 127 Å². The van der Waals surface area contributed by atoms with Gasteiger partial charge in [0.2, 0.25) is 0 Å². The van der Waals surface area contributed by atoms with E-state index >= 15 is 0 Å². The number of hydrogen-bond acceptors (Lipinski definition) is 3. The zero-order chi connectivity index (χ0) is 15.4. The third kappa shape index (κ3) is 3.53. The molecule has 0 aliphatic heterocycles. The molecule has 5 heteroatoms. The van der Waals surface area contributed by atoms with Crippen LogP contribution in [-0.2, 0) is 0 Å². The number of nitrogens with one attached hydrogen (secondary N) is 1. The van der Waals surface area contributed by atoms with Crippen molar-refractivity contribution in [3.8, 4) is 6.07 Å². The average Bonchev–Trinajstić information content (AvgIpc) is 2.49. The van der Waals surface area contributed by atoms with Crippen LogP contribution in [0.3, 0.4) is 0 Å². The second-order valence-corrected chi connectivity index (χ2v) is 5.01. The van der Waals surface area contributed by atoms with Crippen molar-refractivity contribution in [3.05, 3.63) is 64.2 Å². The molecule has 2 N–H and O–H groups in total. The Bertz CT molecular complexity index is 722. The van der Waals surface area contributed by atoms with E-state index in [1.165, 1.54) is 6.07 Å². The molecule has 0 aliphatic rings. The van der Waals surface area contributed by atoms with Crippen molar-refractivity contribution in [2.75, 3.05) is 5.32 Å². The van der Waals surface area contributed by atoms with E-state index < -0.39 is 5.97 Å². The fourth-order valence-electron chi connectivity index (χ4n) is 1.99. The standard InChI is InChI=1S/C16H13ClN2O2/c1-10(12-4-2-3-11(7-12)9-18)19-13-5-6-15(17)14(8-13)16(20)21/h2-8,10,19H,1H3,(H,20,21). The normalized spacial score (nSPS) is 11.5. The highest BCUT2D eigenvalue weighted by Crippen LogP contribution is 2.24. The Morgan fingerprint density at radius 3 is 2.76 bits per heavy atom. The first kappa shape index (κ1) is 14.9. The SMILES string of the molecule is CC(Nc1ccc(Cl)c(C(=O)O)c1)c1cccc(C#N)c1. The van der Waals surface area contributed by atoms with Gasteiger partial charge in [-0.1, -0.05) is 23.7 Å². The second-order valence-electron chi connectivity index (χ2n) is 4.60. The molecule has 0 amide bonds. The number of rotatable bonds is 4. The summed E-state index contributed by atoms with van der Waals surface area (Å²) in [4.78, 5) is 11.1. The molecule has 0 aromatic heterocycles. The molecule has 0 aliphatic carbocycles. The van der Waals surface area contributed by atoms with E-state index in [1.54, 1.807) is 24.3 Å². The summed E-state index contributed by atoms with van der Waals surface area (Å²) >= 11 is 5.84. The van der Waals surface area contributed by atoms with Crippen LogP contribution in [0.1, 0.15) is 34.5 Å². The molecular formula is C16H13ClN2O2. The van der Waals surface area contributed by atoms with E-state index in [-0.39, 0.29) is 16.6 Å². The van der Waals surface area contributed by atoms with E-state index in [9.17, 15) is 4.79 Å². The Morgan fingerprint density at radius 2 is 2.10 bits per heavy atom. The first-order valence-corrected chi connectivity index (χ1v) is 6.68. The van der Waals surface area contributed by atoms with Gasteiger partial charge >= 0.3 is 5.97 Å². The third-order valence-corrected chi connectivity index (χ3v) is 3.43. The molecular weight excluding hydrogens is 288 g/mol. The number of carbonyl (C=O) groups is 1. The molecule has 0 saturated heterocycles. The van der Waals surface area contributed by atoms with Gasteiger partial charge < -0.3 is 10.4 Å². The Balaban J connectivity index is 2.23. The molecule has 1 unspecified atom stereocenters. The summed E-state index contributed by atoms with van der Waals surface area (Å²) in [6, 6.07) is 14.1. The fraction of sp³-hybridized carbons (Fsp3) is 0.125. The summed E-state index contributed by atoms with van der Waals surface area (Å²) in [5.41, 5.74) is 2.25. The van der Waals surface area contributed by atoms with E-state index in [0.29, 0.717) is 11.3 Å². The van der Waals surface area contributed by atoms with E-state index in [4.69, 9.17) is 22.0 Å². The molecule has 21 heavy (non-hydrogen) atoms. The zero-order valence-corrected chi connectivity index (χ0v) is 12.1. The van der Waals surface area contributed by atoms with Gasteiger partial charge in [-0.05, 0) is 42.8 Å². The van der Waals surface area contributed by atoms with Crippen LogP contribution in [0.4, 0.5) is 5.69 Å². The van der Waals surface area contributed by atoms with Crippen LogP contribution < -0.4 is 5.32 Å². The zero-order valence-electron chi connectivity index (χ0n) is 11.3. The highest BCUT2D eigenvalue weighted by molar-refractivity contribution is 6.33. The first-order chi connectivity index (χ1) is 10.0. The topological polar surface area (TPSA) is 73.1 Å². The van der Waals surface area contributed by atoms with Crippen molar-refractivity contribution in [2.45, 2.75) is 13.0 Å². The van der Waals surface area contributed by atoms with Gasteiger partial charge in [-0.15, -0.1) is 0 Å². The summed E-state index contributed by atoms with van der Waals surface area (Å²) in [7, 11) is 0. The third-order valence-electron chi connectivity index (χ3n) is 3.10. The van der Waals surface area contributed by atoms with Gasteiger partial charge in [-0.2, -0.15) is 5.26 Å². The molecule has 0 spiro atoms. The number of benzene rings is 2. The van der Waals surface area contributed by atoms with Gasteiger partial charge in [0.15, 0.2) is 0 Å². The summed E-state index contributed by atoms with van der Waals surface area (Å²) in [6.07, 6.45) is 0. The van der Waals surface area contributed by atoms with Gasteiger partial charge in [0, 0.05) is 11.7 Å². The van der Waals surface area contributed by atoms with Crippen molar-refractivity contribution in [1.29, 1.82) is 5.26 Å². The first-order valence-electron chi connectivity index (χ1n) is 6.30. The minimum Gasteiger partial charge on any atom is -0.478 e. The van der Waals surface area contributed by atoms with E-state index in [1.807, 2.05) is 19.1 Å². The molecule has 2 aromatic rings. The lowest BCUT2D eigenvalue weighted by molar-refractivity contribution is 0.0697. The molecule has 106 valence electrons. The van der Waals surface area contributed by atoms with Gasteiger partial charge in [-0.3, -0.25) is 0 Å². The van der Waals surface area contributed by atoms with Crippen molar-refractivity contribution in [3.63, 3.8) is 0 Å². The monoisotopic (exact) mass is 300 g/mol. The van der Waals surface area contributed by atoms with Crippen LogP contribution in [0.2, 0.25) is 5.02 Å². The van der Waals surface area contributed by atoms with Crippen molar-refractivity contribution < 1.29 is 9.90 Å². The summed E-state index contributed by atoms with van der Waals surface area (Å²) in [5, 5.41) is 21.4. The smallest absolute Gasteiger partial charge is 0.337 e. The number of carboxylic acids is 1. The largest absolute Gasteiger partial charge is 0.478 e. The fourth-order valence-corrected chi connectivity index (χ4v) is 2.19. The van der Waals surface area contributed by atoms with Crippen LogP contribution in [0, 0.1) is 11.3 Å². The number of aromatic carboxylic acids is 1. The van der Waals surface area contributed by atoms with Crippen LogP contribution in [0.15, 0.2) is 42.5 Å². The number of nitrogens with zero attached hydrogens (tertiary/aromatic N) is 1. The molecule has 4 nitrogen and oxygen atoms in total. The number of halogens is 1. The predicted molar refractivity (Wildman–Crippen MR) is 81.6 cm³/mol. The lowest BCUT2D eigenvalue weighted by Gasteiger charge is -2.16. The van der Waals surface area contributed by atoms with Crippen molar-refractivity contribution >= 4 is 23.3 Å². The highest BCUT2D eigenvalue weighted by atomic mass is 35.5. The molecule has 0 saturated carbocycles. The predicted octanol–water partition coefficient (Wildman–Crippen LogP) is 4.08. The maximum Gasteiger partial charge on any atom is 0.337 e. The van der Waals surface area contributed by atoms with Crippen LogP contribution >= 0.6 is 11.6 Å². The molecule has 2 rings (SSSR count). The number of nitriles is 1. The van der Waals surface area contributed by atoms with Crippen molar-refractivity contribution in [1.82, 2.24) is 0 Å². The molecule has 1 atom stereocenters. The summed E-state index contributed by atoms with van der Waals surface area (Å²) < 4.78 is 0. The van der Waals surface area contributed by atoms with E-state index in [0.717, 1.165) is 5.56 Å². The second kappa shape index (κ2) is 6.29. The Morgan fingerprint density at radius 1 is 1.33 bits per heavy atom. The van der Waals surface area contributed by atoms with Gasteiger partial charge in [-0.25, -0.2) is 4.79 Å². The van der Waals surface area contributed by atoms with Crippen LogP contribution in [0.5, 0.6) is 0 Å². The minimum atomic E-state index is -1.07. The van der Waals surface area contributed by atoms with Crippen molar-refractivity contribution in [2.24, 2.45) is 0 Å². The number of carboxylic acid groups (broad SMARTS) is 1. The maximum absolute atomic E-state index is 11.1.